The number of hydrogen-bond donors (Lipinski definition) is 2. The Hall–Kier alpha value is -1.84. The SMILES string of the molecule is CC=CC(=O)Nc1ccc(F)c(N)c1. The van der Waals surface area contributed by atoms with Gasteiger partial charge in [-0.2, -0.15) is 0 Å². The fourth-order valence-corrected chi connectivity index (χ4v) is 0.957. The third-order valence-corrected chi connectivity index (χ3v) is 1.58. The molecule has 1 aromatic rings. The van der Waals surface area contributed by atoms with Gasteiger partial charge in [-0.25, -0.2) is 4.39 Å². The van der Waals surface area contributed by atoms with Crippen LogP contribution in [-0.2, 0) is 4.79 Å². The first-order chi connectivity index (χ1) is 6.63. The molecule has 1 amide bonds. The summed E-state index contributed by atoms with van der Waals surface area (Å²) in [4.78, 5) is 11.1. The smallest absolute Gasteiger partial charge is 0.248 e. The molecule has 0 aliphatic heterocycles. The Kier molecular flexibility index (Phi) is 3.23. The number of hydrogen-bond acceptors (Lipinski definition) is 2. The van der Waals surface area contributed by atoms with E-state index in [-0.39, 0.29) is 11.6 Å². The number of anilines is 2. The van der Waals surface area contributed by atoms with Gasteiger partial charge in [0.15, 0.2) is 0 Å². The average Bonchev–Trinajstić information content (AvgIpc) is 2.12. The van der Waals surface area contributed by atoms with Crippen molar-refractivity contribution in [2.75, 3.05) is 11.1 Å². The summed E-state index contributed by atoms with van der Waals surface area (Å²) in [5.74, 6) is -0.757. The predicted octanol–water partition coefficient (Wildman–Crippen LogP) is 1.92. The molecule has 1 aromatic carbocycles. The first kappa shape index (κ1) is 10.2. The molecular weight excluding hydrogens is 183 g/mol. The second-order valence-electron chi connectivity index (χ2n) is 2.73. The van der Waals surface area contributed by atoms with E-state index in [1.807, 2.05) is 0 Å². The molecule has 0 aromatic heterocycles. The van der Waals surface area contributed by atoms with Crippen molar-refractivity contribution in [3.8, 4) is 0 Å². The highest BCUT2D eigenvalue weighted by molar-refractivity contribution is 5.99. The molecule has 0 fully saturated rings. The molecule has 0 saturated heterocycles. The molecule has 14 heavy (non-hydrogen) atoms. The number of amides is 1. The van der Waals surface area contributed by atoms with Crippen molar-refractivity contribution in [3.63, 3.8) is 0 Å². The van der Waals surface area contributed by atoms with Gasteiger partial charge in [0.05, 0.1) is 5.69 Å². The summed E-state index contributed by atoms with van der Waals surface area (Å²) in [6, 6.07) is 4.03. The molecule has 74 valence electrons. The maximum absolute atomic E-state index is 12.7. The first-order valence-electron chi connectivity index (χ1n) is 4.12. The number of nitrogens with two attached hydrogens (primary N) is 1. The monoisotopic (exact) mass is 194 g/mol. The zero-order valence-corrected chi connectivity index (χ0v) is 7.75. The van der Waals surface area contributed by atoms with E-state index < -0.39 is 5.82 Å². The van der Waals surface area contributed by atoms with Crippen LogP contribution in [0.3, 0.4) is 0 Å². The highest BCUT2D eigenvalue weighted by atomic mass is 19.1. The maximum atomic E-state index is 12.7. The van der Waals surface area contributed by atoms with E-state index in [1.165, 1.54) is 24.3 Å². The summed E-state index contributed by atoms with van der Waals surface area (Å²) in [7, 11) is 0. The maximum Gasteiger partial charge on any atom is 0.248 e. The number of carbonyl (C=O) groups is 1. The van der Waals surface area contributed by atoms with Gasteiger partial charge in [-0.05, 0) is 31.2 Å². The fourth-order valence-electron chi connectivity index (χ4n) is 0.957. The summed E-state index contributed by atoms with van der Waals surface area (Å²) in [6.45, 7) is 1.73. The number of halogens is 1. The van der Waals surface area contributed by atoms with E-state index in [4.69, 9.17) is 5.73 Å². The highest BCUT2D eigenvalue weighted by Gasteiger charge is 2.01. The van der Waals surface area contributed by atoms with Gasteiger partial charge in [0.25, 0.3) is 0 Å². The molecule has 0 heterocycles. The standard InChI is InChI=1S/C10H11FN2O/c1-2-3-10(14)13-7-4-5-8(11)9(12)6-7/h2-6H,12H2,1H3,(H,13,14). The van der Waals surface area contributed by atoms with Crippen molar-refractivity contribution in [2.24, 2.45) is 0 Å². The Morgan fingerprint density at radius 3 is 2.86 bits per heavy atom. The van der Waals surface area contributed by atoms with E-state index in [0.29, 0.717) is 5.69 Å². The number of benzene rings is 1. The number of rotatable bonds is 2. The minimum atomic E-state index is -0.492. The summed E-state index contributed by atoms with van der Waals surface area (Å²) >= 11 is 0. The van der Waals surface area contributed by atoms with Gasteiger partial charge in [0, 0.05) is 5.69 Å². The zero-order valence-electron chi connectivity index (χ0n) is 7.75. The summed E-state index contributed by atoms with van der Waals surface area (Å²) in [6.07, 6.45) is 2.99. The van der Waals surface area contributed by atoms with Crippen LogP contribution < -0.4 is 11.1 Å². The minimum Gasteiger partial charge on any atom is -0.396 e. The van der Waals surface area contributed by atoms with Crippen molar-refractivity contribution in [1.29, 1.82) is 0 Å². The minimum absolute atomic E-state index is 0.0169. The van der Waals surface area contributed by atoms with Crippen LogP contribution in [0.2, 0.25) is 0 Å². The number of nitrogen functional groups attached to an aromatic ring is 1. The molecule has 0 radical (unpaired) electrons. The van der Waals surface area contributed by atoms with E-state index in [9.17, 15) is 9.18 Å². The lowest BCUT2D eigenvalue weighted by atomic mass is 10.2. The van der Waals surface area contributed by atoms with Gasteiger partial charge in [-0.3, -0.25) is 4.79 Å². The zero-order chi connectivity index (χ0) is 10.6. The van der Waals surface area contributed by atoms with Crippen LogP contribution >= 0.6 is 0 Å². The Morgan fingerprint density at radius 2 is 2.29 bits per heavy atom. The molecule has 0 saturated carbocycles. The molecule has 3 N–H and O–H groups in total. The van der Waals surface area contributed by atoms with Gasteiger partial charge >= 0.3 is 0 Å². The van der Waals surface area contributed by atoms with Crippen LogP contribution in [0.1, 0.15) is 6.92 Å². The van der Waals surface area contributed by atoms with Crippen LogP contribution in [0.4, 0.5) is 15.8 Å². The normalized spacial score (nSPS) is 10.4. The number of nitrogens with one attached hydrogen (secondary N) is 1. The van der Waals surface area contributed by atoms with Crippen LogP contribution in [0.25, 0.3) is 0 Å². The fraction of sp³-hybridized carbons (Fsp3) is 0.100. The third-order valence-electron chi connectivity index (χ3n) is 1.58. The van der Waals surface area contributed by atoms with Gasteiger partial charge in [-0.1, -0.05) is 6.08 Å². The topological polar surface area (TPSA) is 55.1 Å². The lowest BCUT2D eigenvalue weighted by molar-refractivity contribution is -0.111. The van der Waals surface area contributed by atoms with Gasteiger partial charge in [-0.15, -0.1) is 0 Å². The average molecular weight is 194 g/mol. The van der Waals surface area contributed by atoms with Crippen molar-refractivity contribution in [1.82, 2.24) is 0 Å². The third kappa shape index (κ3) is 2.58. The number of carbonyl (C=O) groups excluding carboxylic acids is 1. The second kappa shape index (κ2) is 4.41. The van der Waals surface area contributed by atoms with E-state index in [1.54, 1.807) is 13.0 Å². The lowest BCUT2D eigenvalue weighted by Crippen LogP contribution is -2.08. The Labute approximate surface area is 81.4 Å². The molecule has 0 atom stereocenters. The molecule has 0 aliphatic carbocycles. The molecule has 0 bridgehead atoms. The van der Waals surface area contributed by atoms with Crippen molar-refractivity contribution in [2.45, 2.75) is 6.92 Å². The molecule has 0 unspecified atom stereocenters. The quantitative estimate of drug-likeness (QED) is 0.558. The Balaban J connectivity index is 2.78. The summed E-state index contributed by atoms with van der Waals surface area (Å²) in [5.41, 5.74) is 5.82. The molecule has 0 spiro atoms. The van der Waals surface area contributed by atoms with E-state index in [2.05, 4.69) is 5.32 Å². The summed E-state index contributed by atoms with van der Waals surface area (Å²) in [5, 5.41) is 2.54. The van der Waals surface area contributed by atoms with Gasteiger partial charge < -0.3 is 11.1 Å². The molecular formula is C10H11FN2O. The second-order valence-corrected chi connectivity index (χ2v) is 2.73. The first-order valence-corrected chi connectivity index (χ1v) is 4.12. The van der Waals surface area contributed by atoms with Crippen LogP contribution in [0, 0.1) is 5.82 Å². The largest absolute Gasteiger partial charge is 0.396 e. The summed E-state index contributed by atoms with van der Waals surface area (Å²) < 4.78 is 12.7. The predicted molar refractivity (Wildman–Crippen MR) is 54.3 cm³/mol. The number of allylic oxidation sites excluding steroid dienone is 1. The van der Waals surface area contributed by atoms with Crippen molar-refractivity contribution >= 4 is 17.3 Å². The van der Waals surface area contributed by atoms with Crippen LogP contribution in [0.5, 0.6) is 0 Å². The van der Waals surface area contributed by atoms with Crippen molar-refractivity contribution in [3.05, 3.63) is 36.2 Å². The Morgan fingerprint density at radius 1 is 1.57 bits per heavy atom. The Bertz CT molecular complexity index is 374. The van der Waals surface area contributed by atoms with Crippen molar-refractivity contribution < 1.29 is 9.18 Å². The van der Waals surface area contributed by atoms with Crippen LogP contribution in [0.15, 0.2) is 30.4 Å². The molecule has 3 nitrogen and oxygen atoms in total. The van der Waals surface area contributed by atoms with Gasteiger partial charge in [0.1, 0.15) is 5.82 Å². The van der Waals surface area contributed by atoms with E-state index in [0.717, 1.165) is 0 Å². The van der Waals surface area contributed by atoms with Gasteiger partial charge in [0.2, 0.25) is 5.91 Å². The molecule has 4 heteroatoms. The lowest BCUT2D eigenvalue weighted by Gasteiger charge is -2.03. The molecule has 0 aliphatic rings. The van der Waals surface area contributed by atoms with E-state index >= 15 is 0 Å². The van der Waals surface area contributed by atoms with Crippen LogP contribution in [-0.4, -0.2) is 5.91 Å². The highest BCUT2D eigenvalue weighted by Crippen LogP contribution is 2.15. The molecule has 1 rings (SSSR count).